The molecule has 0 saturated carbocycles. The Morgan fingerprint density at radius 2 is 1.79 bits per heavy atom. The molecular weight excluding hydrogens is 322 g/mol. The van der Waals surface area contributed by atoms with Gasteiger partial charge >= 0.3 is 0 Å². The Labute approximate surface area is 145 Å². The largest absolute Gasteiger partial charge is 0.494 e. The highest BCUT2D eigenvalue weighted by atomic mass is 32.2. The van der Waals surface area contributed by atoms with E-state index >= 15 is 0 Å². The zero-order valence-electron chi connectivity index (χ0n) is 13.5. The third kappa shape index (κ3) is 3.21. The van der Waals surface area contributed by atoms with E-state index in [0.717, 1.165) is 28.6 Å². The average molecular weight is 339 g/mol. The van der Waals surface area contributed by atoms with E-state index in [0.29, 0.717) is 17.2 Å². The van der Waals surface area contributed by atoms with Gasteiger partial charge in [-0.25, -0.2) is 4.90 Å². The number of ether oxygens (including phenoxy) is 1. The minimum Gasteiger partial charge on any atom is -0.494 e. The molecule has 2 amide bonds. The van der Waals surface area contributed by atoms with Crippen LogP contribution in [-0.2, 0) is 4.79 Å². The maximum Gasteiger partial charge on any atom is 0.298 e. The molecule has 2 aromatic carbocycles. The summed E-state index contributed by atoms with van der Waals surface area (Å²) in [4.78, 5) is 26.6. The summed E-state index contributed by atoms with van der Waals surface area (Å²) in [6.07, 6.45) is 1.74. The summed E-state index contributed by atoms with van der Waals surface area (Å²) < 4.78 is 5.40. The van der Waals surface area contributed by atoms with E-state index < -0.39 is 0 Å². The summed E-state index contributed by atoms with van der Waals surface area (Å²) in [5, 5.41) is -0.272. The number of hydrogen-bond donors (Lipinski definition) is 0. The van der Waals surface area contributed by atoms with E-state index in [1.807, 2.05) is 56.3 Å². The van der Waals surface area contributed by atoms with Crippen molar-refractivity contribution in [3.05, 3.63) is 64.6 Å². The molecule has 1 aliphatic heterocycles. The van der Waals surface area contributed by atoms with Gasteiger partial charge in [-0.15, -0.1) is 0 Å². The number of carbonyl (C=O) groups excluding carboxylic acids is 2. The Balaban J connectivity index is 1.87. The van der Waals surface area contributed by atoms with Gasteiger partial charge in [-0.1, -0.05) is 30.3 Å². The van der Waals surface area contributed by atoms with E-state index in [-0.39, 0.29) is 11.1 Å². The molecule has 2 aromatic rings. The highest BCUT2D eigenvalue weighted by Gasteiger charge is 2.36. The molecule has 1 aliphatic rings. The van der Waals surface area contributed by atoms with E-state index in [4.69, 9.17) is 4.74 Å². The summed E-state index contributed by atoms with van der Waals surface area (Å²) >= 11 is 0.962. The fourth-order valence-corrected chi connectivity index (χ4v) is 3.30. The van der Waals surface area contributed by atoms with Crippen molar-refractivity contribution in [3.8, 4) is 5.75 Å². The van der Waals surface area contributed by atoms with Crippen molar-refractivity contribution in [2.45, 2.75) is 13.8 Å². The number of benzene rings is 2. The highest BCUT2D eigenvalue weighted by Crippen LogP contribution is 2.36. The molecule has 0 aliphatic carbocycles. The standard InChI is InChI=1S/C19H17NO3S/c1-3-23-15-10-8-14(9-11-15)12-17-18(21)20(19(22)24-17)16-7-5-4-6-13(16)2/h4-12H,3H2,1-2H3/b17-12-. The van der Waals surface area contributed by atoms with Crippen LogP contribution in [-0.4, -0.2) is 17.8 Å². The molecule has 5 heteroatoms. The summed E-state index contributed by atoms with van der Waals surface area (Å²) in [6, 6.07) is 14.8. The van der Waals surface area contributed by atoms with Crippen molar-refractivity contribution in [2.75, 3.05) is 11.5 Å². The van der Waals surface area contributed by atoms with Gasteiger partial charge in [-0.2, -0.15) is 0 Å². The smallest absolute Gasteiger partial charge is 0.298 e. The highest BCUT2D eigenvalue weighted by molar-refractivity contribution is 8.19. The third-order valence-corrected chi connectivity index (χ3v) is 4.51. The number of thioether (sulfide) groups is 1. The van der Waals surface area contributed by atoms with E-state index in [2.05, 4.69) is 0 Å². The topological polar surface area (TPSA) is 46.6 Å². The van der Waals surface area contributed by atoms with E-state index in [9.17, 15) is 9.59 Å². The Morgan fingerprint density at radius 3 is 2.46 bits per heavy atom. The van der Waals surface area contributed by atoms with Crippen molar-refractivity contribution < 1.29 is 14.3 Å². The number of rotatable bonds is 4. The maximum atomic E-state index is 12.6. The molecule has 0 unspecified atom stereocenters. The lowest BCUT2D eigenvalue weighted by Crippen LogP contribution is -2.28. The monoisotopic (exact) mass is 339 g/mol. The molecule has 0 spiro atoms. The summed E-state index contributed by atoms with van der Waals surface area (Å²) in [5.74, 6) is 0.496. The Morgan fingerprint density at radius 1 is 1.08 bits per heavy atom. The van der Waals surface area contributed by atoms with Gasteiger partial charge in [0.25, 0.3) is 11.1 Å². The second-order valence-electron chi connectivity index (χ2n) is 5.31. The van der Waals surface area contributed by atoms with Crippen LogP contribution in [0.1, 0.15) is 18.1 Å². The predicted octanol–water partition coefficient (Wildman–Crippen LogP) is 4.63. The van der Waals surface area contributed by atoms with Crippen LogP contribution in [0.15, 0.2) is 53.4 Å². The molecule has 0 bridgehead atoms. The lowest BCUT2D eigenvalue weighted by Gasteiger charge is -2.14. The minimum absolute atomic E-state index is 0.272. The first-order chi connectivity index (χ1) is 11.6. The summed E-state index contributed by atoms with van der Waals surface area (Å²) in [5.41, 5.74) is 2.38. The minimum atomic E-state index is -0.284. The van der Waals surface area contributed by atoms with Gasteiger partial charge < -0.3 is 4.74 Å². The maximum absolute atomic E-state index is 12.6. The van der Waals surface area contributed by atoms with Crippen LogP contribution in [0.5, 0.6) is 5.75 Å². The average Bonchev–Trinajstić information content (AvgIpc) is 2.84. The number of imide groups is 1. The number of hydrogen-bond acceptors (Lipinski definition) is 4. The molecule has 1 saturated heterocycles. The zero-order valence-corrected chi connectivity index (χ0v) is 14.3. The van der Waals surface area contributed by atoms with Crippen LogP contribution in [0, 0.1) is 6.92 Å². The second kappa shape index (κ2) is 6.93. The number of carbonyl (C=O) groups is 2. The quantitative estimate of drug-likeness (QED) is 0.762. The second-order valence-corrected chi connectivity index (χ2v) is 6.30. The number of nitrogens with zero attached hydrogens (tertiary/aromatic N) is 1. The van der Waals surface area contributed by atoms with Crippen LogP contribution < -0.4 is 9.64 Å². The molecule has 1 fully saturated rings. The molecule has 0 radical (unpaired) electrons. The van der Waals surface area contributed by atoms with Gasteiger partial charge in [0.2, 0.25) is 0 Å². The summed E-state index contributed by atoms with van der Waals surface area (Å²) in [6.45, 7) is 4.42. The Bertz CT molecular complexity index is 812. The first-order valence-corrected chi connectivity index (χ1v) is 8.48. The number of anilines is 1. The lowest BCUT2D eigenvalue weighted by atomic mass is 10.1. The van der Waals surface area contributed by atoms with Crippen LogP contribution in [0.2, 0.25) is 0 Å². The van der Waals surface area contributed by atoms with E-state index in [1.165, 1.54) is 4.90 Å². The molecule has 24 heavy (non-hydrogen) atoms. The SMILES string of the molecule is CCOc1ccc(/C=C2\SC(=O)N(c3ccccc3C)C2=O)cc1. The van der Waals surface area contributed by atoms with Crippen LogP contribution >= 0.6 is 11.8 Å². The zero-order chi connectivity index (χ0) is 17.1. The van der Waals surface area contributed by atoms with Crippen LogP contribution in [0.4, 0.5) is 10.5 Å². The molecule has 1 heterocycles. The van der Waals surface area contributed by atoms with Gasteiger partial charge in [0, 0.05) is 0 Å². The van der Waals surface area contributed by atoms with Gasteiger partial charge in [-0.05, 0) is 61.0 Å². The summed E-state index contributed by atoms with van der Waals surface area (Å²) in [7, 11) is 0. The van der Waals surface area contributed by atoms with Crippen LogP contribution in [0.3, 0.4) is 0 Å². The van der Waals surface area contributed by atoms with Crippen LogP contribution in [0.25, 0.3) is 6.08 Å². The van der Waals surface area contributed by atoms with Gasteiger partial charge in [0.15, 0.2) is 0 Å². The lowest BCUT2D eigenvalue weighted by molar-refractivity contribution is -0.113. The van der Waals surface area contributed by atoms with Crippen molar-refractivity contribution >= 4 is 34.7 Å². The number of aryl methyl sites for hydroxylation is 1. The van der Waals surface area contributed by atoms with Gasteiger partial charge in [0.05, 0.1) is 17.2 Å². The predicted molar refractivity (Wildman–Crippen MR) is 97.2 cm³/mol. The fourth-order valence-electron chi connectivity index (χ4n) is 2.47. The number of para-hydroxylation sites is 1. The molecule has 0 atom stereocenters. The van der Waals surface area contributed by atoms with Crippen molar-refractivity contribution in [1.82, 2.24) is 0 Å². The third-order valence-electron chi connectivity index (χ3n) is 3.64. The van der Waals surface area contributed by atoms with Crippen molar-refractivity contribution in [3.63, 3.8) is 0 Å². The van der Waals surface area contributed by atoms with Gasteiger partial charge in [0.1, 0.15) is 5.75 Å². The van der Waals surface area contributed by atoms with E-state index in [1.54, 1.807) is 12.1 Å². The fraction of sp³-hybridized carbons (Fsp3) is 0.158. The first-order valence-electron chi connectivity index (χ1n) is 7.66. The van der Waals surface area contributed by atoms with Gasteiger partial charge in [-0.3, -0.25) is 9.59 Å². The number of amides is 2. The molecule has 3 rings (SSSR count). The molecule has 4 nitrogen and oxygen atoms in total. The van der Waals surface area contributed by atoms with Crippen molar-refractivity contribution in [2.24, 2.45) is 0 Å². The molecule has 0 N–H and O–H groups in total. The molecule has 122 valence electrons. The molecule has 0 aromatic heterocycles. The first kappa shape index (κ1) is 16.3. The normalized spacial score (nSPS) is 16.1. The molecular formula is C19H17NO3S. The Hall–Kier alpha value is -2.53. The van der Waals surface area contributed by atoms with Crippen molar-refractivity contribution in [1.29, 1.82) is 0 Å². The Kier molecular flexibility index (Phi) is 4.71.